The Morgan fingerprint density at radius 1 is 1.06 bits per heavy atom. The van der Waals surface area contributed by atoms with E-state index >= 15 is 0 Å². The highest BCUT2D eigenvalue weighted by atomic mass is 16.6. The summed E-state index contributed by atoms with van der Waals surface area (Å²) in [7, 11) is 1.45. The van der Waals surface area contributed by atoms with Gasteiger partial charge in [-0.05, 0) is 59.6 Å². The van der Waals surface area contributed by atoms with Crippen LogP contribution in [0.5, 0.6) is 0 Å². The molecule has 1 aromatic rings. The summed E-state index contributed by atoms with van der Waals surface area (Å²) >= 11 is 0. The number of hydrogen-bond acceptors (Lipinski definition) is 5. The number of nitrogens with two attached hydrogens (primary N) is 1. The molecule has 1 rings (SSSR count). The van der Waals surface area contributed by atoms with Crippen LogP contribution in [0.25, 0.3) is 0 Å². The summed E-state index contributed by atoms with van der Waals surface area (Å²) in [5.41, 5.74) is 5.41. The van der Waals surface area contributed by atoms with Gasteiger partial charge in [-0.3, -0.25) is 14.4 Å². The second kappa shape index (κ2) is 10.5. The van der Waals surface area contributed by atoms with Crippen LogP contribution >= 0.6 is 0 Å². The third-order valence-corrected chi connectivity index (χ3v) is 4.36. The van der Waals surface area contributed by atoms with Crippen LogP contribution < -0.4 is 16.4 Å². The number of rotatable bonds is 7. The summed E-state index contributed by atoms with van der Waals surface area (Å²) in [6.45, 7) is 12.4. The van der Waals surface area contributed by atoms with Gasteiger partial charge in [0, 0.05) is 12.6 Å². The standard InChI is InChI=1S/C23H36N4O5/c1-14-11-9-10-12-15(14)18(19(29)26-22(2,3)4)27(8)20(30)16(13-17(24)28)25-21(31)32-23(5,6)7/h9-12,16,18H,13H2,1-8H3,(H2,24,28)(H,25,31)(H,26,29). The molecular weight excluding hydrogens is 412 g/mol. The Bertz CT molecular complexity index is 855. The number of nitrogens with zero attached hydrogens (tertiary/aromatic N) is 1. The zero-order chi connectivity index (χ0) is 24.9. The summed E-state index contributed by atoms with van der Waals surface area (Å²) in [6, 6.07) is 4.93. The van der Waals surface area contributed by atoms with Crippen molar-refractivity contribution < 1.29 is 23.9 Å². The second-order valence-electron chi connectivity index (χ2n) is 9.82. The monoisotopic (exact) mass is 448 g/mol. The average Bonchev–Trinajstić information content (AvgIpc) is 2.58. The fourth-order valence-electron chi connectivity index (χ4n) is 3.08. The molecule has 0 saturated heterocycles. The normalized spacial score (nSPS) is 13.5. The van der Waals surface area contributed by atoms with E-state index in [2.05, 4.69) is 10.6 Å². The van der Waals surface area contributed by atoms with Gasteiger partial charge in [0.15, 0.2) is 0 Å². The molecule has 9 heteroatoms. The molecule has 0 heterocycles. The summed E-state index contributed by atoms with van der Waals surface area (Å²) in [5, 5.41) is 5.30. The number of ether oxygens (including phenoxy) is 1. The highest BCUT2D eigenvalue weighted by Crippen LogP contribution is 2.25. The third kappa shape index (κ3) is 8.56. The molecule has 4 N–H and O–H groups in total. The molecule has 0 bridgehead atoms. The van der Waals surface area contributed by atoms with Crippen molar-refractivity contribution in [3.05, 3.63) is 35.4 Å². The van der Waals surface area contributed by atoms with E-state index in [1.165, 1.54) is 11.9 Å². The lowest BCUT2D eigenvalue weighted by molar-refractivity contribution is -0.142. The lowest BCUT2D eigenvalue weighted by Gasteiger charge is -2.34. The van der Waals surface area contributed by atoms with Crippen LogP contribution in [0.3, 0.4) is 0 Å². The van der Waals surface area contributed by atoms with Gasteiger partial charge >= 0.3 is 6.09 Å². The first-order valence-corrected chi connectivity index (χ1v) is 10.4. The fraction of sp³-hybridized carbons (Fsp3) is 0.565. The van der Waals surface area contributed by atoms with Crippen molar-refractivity contribution in [3.63, 3.8) is 0 Å². The average molecular weight is 449 g/mol. The van der Waals surface area contributed by atoms with Crippen LogP contribution in [0.1, 0.15) is 65.1 Å². The maximum absolute atomic E-state index is 13.3. The summed E-state index contributed by atoms with van der Waals surface area (Å²) < 4.78 is 5.21. The molecule has 0 radical (unpaired) electrons. The number of hydrogen-bond donors (Lipinski definition) is 3. The lowest BCUT2D eigenvalue weighted by Crippen LogP contribution is -2.54. The maximum Gasteiger partial charge on any atom is 0.408 e. The van der Waals surface area contributed by atoms with Crippen LogP contribution in [-0.2, 0) is 19.1 Å². The van der Waals surface area contributed by atoms with Gasteiger partial charge < -0.3 is 26.0 Å². The Kier molecular flexibility index (Phi) is 8.82. The number of carbonyl (C=O) groups excluding carboxylic acids is 4. The first-order valence-electron chi connectivity index (χ1n) is 10.4. The maximum atomic E-state index is 13.3. The van der Waals surface area contributed by atoms with E-state index in [0.29, 0.717) is 5.56 Å². The number of benzene rings is 1. The molecule has 4 amide bonds. The van der Waals surface area contributed by atoms with Crippen LogP contribution in [0.15, 0.2) is 24.3 Å². The Labute approximate surface area is 190 Å². The largest absolute Gasteiger partial charge is 0.444 e. The van der Waals surface area contributed by atoms with E-state index in [4.69, 9.17) is 10.5 Å². The van der Waals surface area contributed by atoms with Gasteiger partial charge in [0.05, 0.1) is 6.42 Å². The Balaban J connectivity index is 3.31. The van der Waals surface area contributed by atoms with Crippen LogP contribution in [0, 0.1) is 6.92 Å². The van der Waals surface area contributed by atoms with Gasteiger partial charge in [-0.1, -0.05) is 24.3 Å². The first kappa shape index (κ1) is 26.9. The highest BCUT2D eigenvalue weighted by Gasteiger charge is 2.36. The van der Waals surface area contributed by atoms with E-state index in [1.807, 2.05) is 39.8 Å². The molecule has 0 saturated carbocycles. The third-order valence-electron chi connectivity index (χ3n) is 4.36. The quantitative estimate of drug-likeness (QED) is 0.588. The van der Waals surface area contributed by atoms with Crippen LogP contribution in [-0.4, -0.2) is 52.9 Å². The molecule has 9 nitrogen and oxygen atoms in total. The van der Waals surface area contributed by atoms with Crippen molar-refractivity contribution in [3.8, 4) is 0 Å². The van der Waals surface area contributed by atoms with E-state index in [1.54, 1.807) is 32.9 Å². The molecule has 0 aromatic heterocycles. The lowest BCUT2D eigenvalue weighted by atomic mass is 9.97. The fourth-order valence-corrected chi connectivity index (χ4v) is 3.08. The minimum atomic E-state index is -1.29. The molecule has 0 aliphatic rings. The highest BCUT2D eigenvalue weighted by molar-refractivity contribution is 5.94. The zero-order valence-corrected chi connectivity index (χ0v) is 20.2. The molecule has 2 unspecified atom stereocenters. The first-order chi connectivity index (χ1) is 14.5. The minimum absolute atomic E-state index is 0.391. The summed E-state index contributed by atoms with van der Waals surface area (Å²) in [4.78, 5) is 51.6. The number of aryl methyl sites for hydroxylation is 1. The van der Waals surface area contributed by atoms with Gasteiger partial charge in [0.1, 0.15) is 17.7 Å². The second-order valence-corrected chi connectivity index (χ2v) is 9.82. The molecule has 32 heavy (non-hydrogen) atoms. The number of carbonyl (C=O) groups is 4. The molecule has 0 fully saturated rings. The minimum Gasteiger partial charge on any atom is -0.444 e. The van der Waals surface area contributed by atoms with Crippen molar-refractivity contribution in [2.75, 3.05) is 7.05 Å². The Hall–Kier alpha value is -3.10. The number of nitrogens with one attached hydrogen (secondary N) is 2. The van der Waals surface area contributed by atoms with Crippen LogP contribution in [0.2, 0.25) is 0 Å². The number of amides is 4. The van der Waals surface area contributed by atoms with Crippen molar-refractivity contribution in [2.45, 2.75) is 78.1 Å². The van der Waals surface area contributed by atoms with Gasteiger partial charge in [-0.25, -0.2) is 4.79 Å². The van der Waals surface area contributed by atoms with E-state index < -0.39 is 53.5 Å². The van der Waals surface area contributed by atoms with Crippen molar-refractivity contribution in [1.29, 1.82) is 0 Å². The van der Waals surface area contributed by atoms with Crippen molar-refractivity contribution in [2.24, 2.45) is 5.73 Å². The van der Waals surface area contributed by atoms with Crippen molar-refractivity contribution >= 4 is 23.8 Å². The van der Waals surface area contributed by atoms with E-state index in [-0.39, 0.29) is 0 Å². The number of likely N-dealkylation sites (N-methyl/N-ethyl adjacent to an activating group) is 1. The van der Waals surface area contributed by atoms with E-state index in [9.17, 15) is 19.2 Å². The molecule has 0 aliphatic carbocycles. The molecule has 1 aromatic carbocycles. The van der Waals surface area contributed by atoms with Gasteiger partial charge in [0.2, 0.25) is 17.7 Å². The van der Waals surface area contributed by atoms with Gasteiger partial charge in [0.25, 0.3) is 0 Å². The number of alkyl carbamates (subject to hydrolysis) is 1. The van der Waals surface area contributed by atoms with Crippen LogP contribution in [0.4, 0.5) is 4.79 Å². The summed E-state index contributed by atoms with van der Waals surface area (Å²) in [6.07, 6.45) is -1.30. The summed E-state index contributed by atoms with van der Waals surface area (Å²) in [5.74, 6) is -1.82. The smallest absolute Gasteiger partial charge is 0.408 e. The molecule has 2 atom stereocenters. The Morgan fingerprint density at radius 2 is 1.62 bits per heavy atom. The van der Waals surface area contributed by atoms with E-state index in [0.717, 1.165) is 5.56 Å². The number of primary amides is 1. The molecule has 0 spiro atoms. The van der Waals surface area contributed by atoms with Gasteiger partial charge in [-0.2, -0.15) is 0 Å². The SMILES string of the molecule is Cc1ccccc1C(C(=O)NC(C)(C)C)N(C)C(=O)C(CC(N)=O)NC(=O)OC(C)(C)C. The predicted octanol–water partition coefficient (Wildman–Crippen LogP) is 2.18. The van der Waals surface area contributed by atoms with Crippen molar-refractivity contribution in [1.82, 2.24) is 15.5 Å². The molecule has 178 valence electrons. The Morgan fingerprint density at radius 3 is 2.09 bits per heavy atom. The topological polar surface area (TPSA) is 131 Å². The molecular formula is C23H36N4O5. The predicted molar refractivity (Wildman–Crippen MR) is 122 cm³/mol. The zero-order valence-electron chi connectivity index (χ0n) is 20.2. The molecule has 0 aliphatic heterocycles. The van der Waals surface area contributed by atoms with Gasteiger partial charge in [-0.15, -0.1) is 0 Å².